The summed E-state index contributed by atoms with van der Waals surface area (Å²) in [6.07, 6.45) is 8.39. The quantitative estimate of drug-likeness (QED) is 0.656. The highest BCUT2D eigenvalue weighted by molar-refractivity contribution is 8.00. The summed E-state index contributed by atoms with van der Waals surface area (Å²) in [4.78, 5) is 17.2. The molecule has 2 aliphatic rings. The number of benzene rings is 2. The summed E-state index contributed by atoms with van der Waals surface area (Å²) in [5.74, 6) is 0.532. The molecule has 1 aliphatic carbocycles. The number of carbonyl (C=O) groups is 1. The molecule has 25 heavy (non-hydrogen) atoms. The second kappa shape index (κ2) is 7.32. The Balaban J connectivity index is 1.58. The number of amides is 1. The molecule has 2 nitrogen and oxygen atoms in total. The lowest BCUT2D eigenvalue weighted by Crippen LogP contribution is -2.48. The molecular weight excluding hydrogens is 370 g/mol. The Labute approximate surface area is 160 Å². The third kappa shape index (κ3) is 3.52. The van der Waals surface area contributed by atoms with Crippen LogP contribution in [0.4, 0.5) is 5.69 Å². The lowest BCUT2D eigenvalue weighted by atomic mass is 10.0. The molecule has 0 saturated heterocycles. The van der Waals surface area contributed by atoms with E-state index >= 15 is 0 Å². The number of para-hydroxylation sites is 1. The van der Waals surface area contributed by atoms with Gasteiger partial charge in [0.15, 0.2) is 0 Å². The SMILES string of the molecule is O=C(CSc1ccc(Cl)cc1)N1c2ccccc2SC2C=CC=CC21. The van der Waals surface area contributed by atoms with Crippen molar-refractivity contribution in [1.82, 2.24) is 0 Å². The van der Waals surface area contributed by atoms with Crippen molar-refractivity contribution in [3.63, 3.8) is 0 Å². The van der Waals surface area contributed by atoms with Crippen LogP contribution in [0.3, 0.4) is 0 Å². The Bertz CT molecular complexity index is 847. The van der Waals surface area contributed by atoms with Gasteiger partial charge < -0.3 is 4.90 Å². The van der Waals surface area contributed by atoms with Gasteiger partial charge in [-0.05, 0) is 36.4 Å². The molecule has 0 fully saturated rings. The fourth-order valence-corrected chi connectivity index (χ4v) is 5.17. The van der Waals surface area contributed by atoms with Crippen LogP contribution in [-0.4, -0.2) is 23.0 Å². The predicted molar refractivity (Wildman–Crippen MR) is 108 cm³/mol. The highest BCUT2D eigenvalue weighted by Crippen LogP contribution is 2.43. The van der Waals surface area contributed by atoms with E-state index in [1.54, 1.807) is 11.8 Å². The first kappa shape index (κ1) is 16.8. The van der Waals surface area contributed by atoms with Gasteiger partial charge in [0.1, 0.15) is 0 Å². The van der Waals surface area contributed by atoms with Gasteiger partial charge in [-0.15, -0.1) is 23.5 Å². The lowest BCUT2D eigenvalue weighted by Gasteiger charge is -2.40. The normalized spacial score (nSPS) is 20.9. The minimum Gasteiger partial charge on any atom is -0.302 e. The van der Waals surface area contributed by atoms with Crippen molar-refractivity contribution >= 4 is 46.7 Å². The van der Waals surface area contributed by atoms with Crippen molar-refractivity contribution in [1.29, 1.82) is 0 Å². The number of hydrogen-bond acceptors (Lipinski definition) is 3. The molecule has 2 aromatic carbocycles. The molecule has 2 aromatic rings. The fourth-order valence-electron chi connectivity index (χ4n) is 3.03. The first-order valence-corrected chi connectivity index (χ1v) is 10.3. The number of carbonyl (C=O) groups excluding carboxylic acids is 1. The molecule has 0 saturated carbocycles. The number of nitrogens with zero attached hydrogens (tertiary/aromatic N) is 1. The molecule has 1 amide bonds. The zero-order chi connectivity index (χ0) is 17.2. The fraction of sp³-hybridized carbons (Fsp3) is 0.150. The largest absolute Gasteiger partial charge is 0.302 e. The summed E-state index contributed by atoms with van der Waals surface area (Å²) in [6.45, 7) is 0. The van der Waals surface area contributed by atoms with Crippen LogP contribution in [0.2, 0.25) is 5.02 Å². The summed E-state index contributed by atoms with van der Waals surface area (Å²) in [6, 6.07) is 15.8. The van der Waals surface area contributed by atoms with Gasteiger partial charge in [0.25, 0.3) is 0 Å². The predicted octanol–water partition coefficient (Wildman–Crippen LogP) is 5.43. The molecule has 2 unspecified atom stereocenters. The first-order chi connectivity index (χ1) is 12.2. The Kier molecular flexibility index (Phi) is 4.93. The van der Waals surface area contributed by atoms with Crippen LogP contribution in [0.5, 0.6) is 0 Å². The maximum Gasteiger partial charge on any atom is 0.237 e. The summed E-state index contributed by atoms with van der Waals surface area (Å²) in [5.41, 5.74) is 1.01. The van der Waals surface area contributed by atoms with Gasteiger partial charge in [-0.2, -0.15) is 0 Å². The maximum absolute atomic E-state index is 13.1. The third-order valence-electron chi connectivity index (χ3n) is 4.19. The minimum absolute atomic E-state index is 0.0724. The molecule has 1 heterocycles. The maximum atomic E-state index is 13.1. The van der Waals surface area contributed by atoms with Crippen molar-refractivity contribution in [3.05, 3.63) is 77.9 Å². The van der Waals surface area contributed by atoms with Gasteiger partial charge in [0.2, 0.25) is 5.91 Å². The molecule has 0 bridgehead atoms. The number of halogens is 1. The van der Waals surface area contributed by atoms with Crippen LogP contribution in [-0.2, 0) is 4.79 Å². The number of fused-ring (bicyclic) bond motifs is 2. The zero-order valence-corrected chi connectivity index (χ0v) is 15.7. The Hall–Kier alpha value is -1.62. The minimum atomic E-state index is 0.0724. The van der Waals surface area contributed by atoms with Crippen molar-refractivity contribution in [2.45, 2.75) is 21.1 Å². The molecule has 2 atom stereocenters. The summed E-state index contributed by atoms with van der Waals surface area (Å²) >= 11 is 9.30. The Morgan fingerprint density at radius 1 is 1.08 bits per heavy atom. The zero-order valence-electron chi connectivity index (χ0n) is 13.3. The Morgan fingerprint density at radius 2 is 1.84 bits per heavy atom. The van der Waals surface area contributed by atoms with E-state index in [-0.39, 0.29) is 17.2 Å². The number of anilines is 1. The van der Waals surface area contributed by atoms with E-state index in [1.807, 2.05) is 65.2 Å². The van der Waals surface area contributed by atoms with Crippen molar-refractivity contribution in [3.8, 4) is 0 Å². The summed E-state index contributed by atoms with van der Waals surface area (Å²) in [7, 11) is 0. The first-order valence-electron chi connectivity index (χ1n) is 8.03. The second-order valence-electron chi connectivity index (χ2n) is 5.82. The molecule has 0 aromatic heterocycles. The van der Waals surface area contributed by atoms with Crippen LogP contribution in [0.15, 0.2) is 82.6 Å². The molecule has 1 aliphatic heterocycles. The van der Waals surface area contributed by atoms with Crippen LogP contribution < -0.4 is 4.90 Å². The van der Waals surface area contributed by atoms with E-state index in [0.717, 1.165) is 15.5 Å². The van der Waals surface area contributed by atoms with Crippen molar-refractivity contribution in [2.24, 2.45) is 0 Å². The molecule has 0 N–H and O–H groups in total. The van der Waals surface area contributed by atoms with E-state index in [1.165, 1.54) is 0 Å². The number of thioether (sulfide) groups is 2. The third-order valence-corrected chi connectivity index (χ3v) is 6.74. The van der Waals surface area contributed by atoms with E-state index in [2.05, 4.69) is 24.3 Å². The van der Waals surface area contributed by atoms with Crippen LogP contribution in [0, 0.1) is 0 Å². The number of hydrogen-bond donors (Lipinski definition) is 0. The van der Waals surface area contributed by atoms with E-state index in [9.17, 15) is 4.79 Å². The highest BCUT2D eigenvalue weighted by Gasteiger charge is 2.36. The van der Waals surface area contributed by atoms with Gasteiger partial charge in [0, 0.05) is 14.8 Å². The standard InChI is InChI=1S/C20H16ClNOS2/c21-14-9-11-15(12-10-14)24-13-20(23)22-16-5-1-3-7-18(16)25-19-8-4-2-6-17(19)22/h1-12,16,18H,13H2. The van der Waals surface area contributed by atoms with Gasteiger partial charge in [-0.25, -0.2) is 0 Å². The second-order valence-corrected chi connectivity index (χ2v) is 8.52. The van der Waals surface area contributed by atoms with Crippen molar-refractivity contribution < 1.29 is 4.79 Å². The smallest absolute Gasteiger partial charge is 0.237 e. The summed E-state index contributed by atoms with van der Waals surface area (Å²) in [5, 5.41) is 0.976. The molecule has 4 rings (SSSR count). The van der Waals surface area contributed by atoms with Crippen LogP contribution in [0.25, 0.3) is 0 Å². The average molecular weight is 386 g/mol. The molecule has 0 radical (unpaired) electrons. The molecule has 126 valence electrons. The van der Waals surface area contributed by atoms with E-state index in [0.29, 0.717) is 10.8 Å². The number of allylic oxidation sites excluding steroid dienone is 2. The van der Waals surface area contributed by atoms with Crippen molar-refractivity contribution in [2.75, 3.05) is 10.7 Å². The molecule has 0 spiro atoms. The topological polar surface area (TPSA) is 20.3 Å². The summed E-state index contributed by atoms with van der Waals surface area (Å²) < 4.78 is 0. The molecule has 5 heteroatoms. The van der Waals surface area contributed by atoms with Gasteiger partial charge in [0.05, 0.1) is 22.7 Å². The van der Waals surface area contributed by atoms with Crippen LogP contribution in [0.1, 0.15) is 0 Å². The number of rotatable bonds is 3. The highest BCUT2D eigenvalue weighted by atomic mass is 35.5. The molecular formula is C20H16ClNOS2. The van der Waals surface area contributed by atoms with Gasteiger partial charge >= 0.3 is 0 Å². The Morgan fingerprint density at radius 3 is 2.68 bits per heavy atom. The average Bonchev–Trinajstić information content (AvgIpc) is 2.65. The van der Waals surface area contributed by atoms with E-state index in [4.69, 9.17) is 11.6 Å². The van der Waals surface area contributed by atoms with Gasteiger partial charge in [-0.1, -0.05) is 48.0 Å². The lowest BCUT2D eigenvalue weighted by molar-refractivity contribution is -0.116. The monoisotopic (exact) mass is 385 g/mol. The van der Waals surface area contributed by atoms with E-state index < -0.39 is 0 Å². The van der Waals surface area contributed by atoms with Crippen LogP contribution >= 0.6 is 35.1 Å². The van der Waals surface area contributed by atoms with Gasteiger partial charge in [-0.3, -0.25) is 4.79 Å².